The number of thiophene rings is 1. The van der Waals surface area contributed by atoms with Gasteiger partial charge < -0.3 is 14.8 Å². The van der Waals surface area contributed by atoms with E-state index in [2.05, 4.69) is 10.0 Å². The van der Waals surface area contributed by atoms with Gasteiger partial charge in [0.1, 0.15) is 13.2 Å². The molecular formula is C24H26N2O5S2. The quantitative estimate of drug-likeness (QED) is 0.503. The summed E-state index contributed by atoms with van der Waals surface area (Å²) in [5.74, 6) is 1.22. The lowest BCUT2D eigenvalue weighted by Gasteiger charge is -2.18. The van der Waals surface area contributed by atoms with Crippen molar-refractivity contribution in [2.24, 2.45) is 0 Å². The van der Waals surface area contributed by atoms with Gasteiger partial charge in [-0.15, -0.1) is 11.3 Å². The molecule has 1 aliphatic rings. The molecule has 33 heavy (non-hydrogen) atoms. The highest BCUT2D eigenvalue weighted by Crippen LogP contribution is 2.36. The number of ether oxygens (including phenoxy) is 2. The number of benzene rings is 2. The van der Waals surface area contributed by atoms with E-state index < -0.39 is 10.0 Å². The number of hydrogen-bond acceptors (Lipinski definition) is 6. The lowest BCUT2D eigenvalue weighted by Crippen LogP contribution is -2.31. The Morgan fingerprint density at radius 2 is 1.67 bits per heavy atom. The zero-order valence-corrected chi connectivity index (χ0v) is 20.1. The molecule has 9 heteroatoms. The summed E-state index contributed by atoms with van der Waals surface area (Å²) in [6.45, 7) is 5.01. The predicted molar refractivity (Wildman–Crippen MR) is 129 cm³/mol. The number of fused-ring (bicyclic) bond motifs is 1. The Bertz CT molecular complexity index is 1230. The summed E-state index contributed by atoms with van der Waals surface area (Å²) >= 11 is 1.41. The van der Waals surface area contributed by atoms with E-state index in [4.69, 9.17) is 9.47 Å². The third kappa shape index (κ3) is 6.13. The molecule has 1 aliphatic heterocycles. The number of amides is 1. The molecule has 0 aliphatic carbocycles. The Hall–Kier alpha value is -2.88. The van der Waals surface area contributed by atoms with Gasteiger partial charge in [0.15, 0.2) is 11.5 Å². The minimum atomic E-state index is -3.37. The lowest BCUT2D eigenvalue weighted by molar-refractivity contribution is 0.0955. The normalized spacial score (nSPS) is 13.2. The van der Waals surface area contributed by atoms with Gasteiger partial charge in [-0.3, -0.25) is 4.79 Å². The molecule has 0 saturated carbocycles. The summed E-state index contributed by atoms with van der Waals surface area (Å²) in [4.78, 5) is 14.2. The van der Waals surface area contributed by atoms with Crippen molar-refractivity contribution in [1.82, 2.24) is 10.0 Å². The van der Waals surface area contributed by atoms with Gasteiger partial charge in [0.05, 0.1) is 10.6 Å². The lowest BCUT2D eigenvalue weighted by atomic mass is 10.1. The van der Waals surface area contributed by atoms with Crippen molar-refractivity contribution in [2.45, 2.75) is 32.2 Å². The van der Waals surface area contributed by atoms with Crippen LogP contribution in [0.25, 0.3) is 10.4 Å². The fraction of sp³-hybridized carbons (Fsp3) is 0.292. The van der Waals surface area contributed by atoms with Crippen LogP contribution in [0.5, 0.6) is 11.5 Å². The number of carbonyl (C=O) groups excluding carboxylic acids is 1. The topological polar surface area (TPSA) is 93.7 Å². The number of rotatable bonds is 8. The van der Waals surface area contributed by atoms with E-state index in [-0.39, 0.29) is 17.7 Å². The van der Waals surface area contributed by atoms with E-state index in [1.54, 1.807) is 26.0 Å². The third-order valence-corrected chi connectivity index (χ3v) is 7.58. The summed E-state index contributed by atoms with van der Waals surface area (Å²) < 4.78 is 37.9. The first kappa shape index (κ1) is 23.3. The molecule has 0 spiro atoms. The minimum absolute atomic E-state index is 0.0738. The van der Waals surface area contributed by atoms with Crippen molar-refractivity contribution in [3.63, 3.8) is 0 Å². The molecule has 2 N–H and O–H groups in total. The van der Waals surface area contributed by atoms with Crippen molar-refractivity contribution in [1.29, 1.82) is 0 Å². The number of carbonyl (C=O) groups is 1. The standard InChI is InChI=1S/C24H26N2O5S2/c1-16(2)26-33(28,29)15-18-5-3-17(4-6-18)14-25-24(27)23-10-9-22(32-23)19-7-8-20-21(13-19)31-12-11-30-20/h3-10,13,16,26H,11-12,14-15H2,1-2H3,(H,25,27). The van der Waals surface area contributed by atoms with E-state index in [0.717, 1.165) is 27.5 Å². The van der Waals surface area contributed by atoms with Crippen molar-refractivity contribution < 1.29 is 22.7 Å². The molecule has 1 aromatic heterocycles. The molecular weight excluding hydrogens is 460 g/mol. The van der Waals surface area contributed by atoms with Gasteiger partial charge in [-0.05, 0) is 60.9 Å². The smallest absolute Gasteiger partial charge is 0.261 e. The van der Waals surface area contributed by atoms with Crippen LogP contribution in [0.1, 0.15) is 34.6 Å². The Morgan fingerprint density at radius 3 is 2.39 bits per heavy atom. The minimum Gasteiger partial charge on any atom is -0.486 e. The van der Waals surface area contributed by atoms with E-state index in [1.807, 2.05) is 42.5 Å². The average molecular weight is 487 g/mol. The Labute approximate surface area is 197 Å². The number of nitrogens with one attached hydrogen (secondary N) is 2. The van der Waals surface area contributed by atoms with Crippen LogP contribution in [-0.2, 0) is 22.3 Å². The van der Waals surface area contributed by atoms with E-state index >= 15 is 0 Å². The maximum Gasteiger partial charge on any atom is 0.261 e. The van der Waals surface area contributed by atoms with Crippen molar-refractivity contribution in [3.8, 4) is 21.9 Å². The molecule has 0 saturated heterocycles. The second-order valence-corrected chi connectivity index (χ2v) is 10.9. The summed E-state index contributed by atoms with van der Waals surface area (Å²) in [6, 6.07) is 16.6. The molecule has 7 nitrogen and oxygen atoms in total. The maximum atomic E-state index is 12.6. The molecule has 0 unspecified atom stereocenters. The van der Waals surface area contributed by atoms with Gasteiger partial charge in [0.2, 0.25) is 10.0 Å². The molecule has 1 amide bonds. The van der Waals surface area contributed by atoms with Crippen LogP contribution in [0.2, 0.25) is 0 Å². The molecule has 174 valence electrons. The molecule has 2 heterocycles. The largest absolute Gasteiger partial charge is 0.486 e. The SMILES string of the molecule is CC(C)NS(=O)(=O)Cc1ccc(CNC(=O)c2ccc(-c3ccc4c(c3)OCCO4)s2)cc1. The van der Waals surface area contributed by atoms with E-state index in [1.165, 1.54) is 11.3 Å². The van der Waals surface area contributed by atoms with E-state index in [0.29, 0.717) is 30.2 Å². The first-order chi connectivity index (χ1) is 15.8. The predicted octanol–water partition coefficient (Wildman–Crippen LogP) is 3.94. The Kier molecular flexibility index (Phi) is 7.02. The van der Waals surface area contributed by atoms with Crippen LogP contribution in [0.4, 0.5) is 0 Å². The van der Waals surface area contributed by atoms with Crippen molar-refractivity contribution in [3.05, 3.63) is 70.6 Å². The molecule has 3 aromatic rings. The fourth-order valence-electron chi connectivity index (χ4n) is 3.45. The van der Waals surface area contributed by atoms with Crippen LogP contribution >= 0.6 is 11.3 Å². The average Bonchev–Trinajstić information content (AvgIpc) is 3.27. The van der Waals surface area contributed by atoms with Crippen molar-refractivity contribution >= 4 is 27.3 Å². The fourth-order valence-corrected chi connectivity index (χ4v) is 5.81. The van der Waals surface area contributed by atoms with Gasteiger partial charge in [0, 0.05) is 17.5 Å². The second kappa shape index (κ2) is 9.94. The molecule has 4 rings (SSSR count). The van der Waals surface area contributed by atoms with E-state index in [9.17, 15) is 13.2 Å². The highest BCUT2D eigenvalue weighted by molar-refractivity contribution is 7.88. The summed E-state index contributed by atoms with van der Waals surface area (Å²) in [6.07, 6.45) is 0. The van der Waals surface area contributed by atoms with Crippen LogP contribution < -0.4 is 19.5 Å². The Balaban J connectivity index is 1.34. The van der Waals surface area contributed by atoms with Crippen molar-refractivity contribution in [2.75, 3.05) is 13.2 Å². The van der Waals surface area contributed by atoms with Crippen LogP contribution in [-0.4, -0.2) is 33.6 Å². The zero-order chi connectivity index (χ0) is 23.4. The van der Waals surface area contributed by atoms with Gasteiger partial charge in [0.25, 0.3) is 5.91 Å². The van der Waals surface area contributed by atoms with Crippen LogP contribution in [0, 0.1) is 0 Å². The van der Waals surface area contributed by atoms with Gasteiger partial charge in [-0.2, -0.15) is 0 Å². The van der Waals surface area contributed by atoms with Gasteiger partial charge >= 0.3 is 0 Å². The molecule has 0 bridgehead atoms. The monoisotopic (exact) mass is 486 g/mol. The van der Waals surface area contributed by atoms with Crippen LogP contribution in [0.15, 0.2) is 54.6 Å². The summed E-state index contributed by atoms with van der Waals surface area (Å²) in [5, 5.41) is 2.92. The highest BCUT2D eigenvalue weighted by atomic mass is 32.2. The first-order valence-corrected chi connectivity index (χ1v) is 13.1. The van der Waals surface area contributed by atoms with Gasteiger partial charge in [-0.1, -0.05) is 24.3 Å². The Morgan fingerprint density at radius 1 is 0.970 bits per heavy atom. The van der Waals surface area contributed by atoms with Crippen LogP contribution in [0.3, 0.4) is 0 Å². The summed E-state index contributed by atoms with van der Waals surface area (Å²) in [7, 11) is -3.37. The third-order valence-electron chi connectivity index (χ3n) is 4.90. The number of sulfonamides is 1. The molecule has 0 atom stereocenters. The second-order valence-electron chi connectivity index (χ2n) is 8.05. The highest BCUT2D eigenvalue weighted by Gasteiger charge is 2.16. The molecule has 0 radical (unpaired) electrons. The first-order valence-electron chi connectivity index (χ1n) is 10.6. The maximum absolute atomic E-state index is 12.6. The summed E-state index contributed by atoms with van der Waals surface area (Å²) in [5.41, 5.74) is 2.56. The number of hydrogen-bond donors (Lipinski definition) is 2. The molecule has 0 fully saturated rings. The molecule has 2 aromatic carbocycles. The zero-order valence-electron chi connectivity index (χ0n) is 18.5. The van der Waals surface area contributed by atoms with Gasteiger partial charge in [-0.25, -0.2) is 13.1 Å².